The van der Waals surface area contributed by atoms with Crippen molar-refractivity contribution in [3.05, 3.63) is 56.2 Å². The third-order valence-corrected chi connectivity index (χ3v) is 6.08. The number of ketones is 1. The number of thioether (sulfide) groups is 1. The Kier molecular flexibility index (Phi) is 5.24. The van der Waals surface area contributed by atoms with Crippen LogP contribution in [-0.4, -0.2) is 28.8 Å². The summed E-state index contributed by atoms with van der Waals surface area (Å²) in [7, 11) is 1.34. The van der Waals surface area contributed by atoms with Gasteiger partial charge in [-0.05, 0) is 37.1 Å². The minimum absolute atomic E-state index is 0.0650. The van der Waals surface area contributed by atoms with Crippen LogP contribution in [0.25, 0.3) is 10.2 Å². The first-order chi connectivity index (χ1) is 12.4. The maximum Gasteiger partial charge on any atom is 0.337 e. The fourth-order valence-electron chi connectivity index (χ4n) is 2.53. The maximum atomic E-state index is 12.4. The molecule has 0 radical (unpaired) electrons. The third kappa shape index (κ3) is 3.56. The lowest BCUT2D eigenvalue weighted by atomic mass is 10.1. The van der Waals surface area contributed by atoms with Crippen molar-refractivity contribution in [2.75, 3.05) is 7.11 Å². The van der Waals surface area contributed by atoms with Crippen molar-refractivity contribution < 1.29 is 14.3 Å². The minimum Gasteiger partial charge on any atom is -0.465 e. The summed E-state index contributed by atoms with van der Waals surface area (Å²) in [5.41, 5.74) is 1.91. The maximum absolute atomic E-state index is 12.4. The van der Waals surface area contributed by atoms with Gasteiger partial charge < -0.3 is 9.72 Å². The van der Waals surface area contributed by atoms with Crippen LogP contribution in [0.5, 0.6) is 0 Å². The number of ether oxygens (including phenoxy) is 1. The Labute approximate surface area is 157 Å². The summed E-state index contributed by atoms with van der Waals surface area (Å²) in [6.45, 7) is 3.25. The number of esters is 1. The highest BCUT2D eigenvalue weighted by Crippen LogP contribution is 2.29. The number of carbonyl (C=O) groups is 2. The molecule has 0 atom stereocenters. The van der Waals surface area contributed by atoms with E-state index in [1.165, 1.54) is 37.1 Å². The molecular weight excluding hydrogens is 372 g/mol. The number of benzene rings is 1. The summed E-state index contributed by atoms with van der Waals surface area (Å²) in [6.07, 6.45) is 0. The Balaban J connectivity index is 1.82. The van der Waals surface area contributed by atoms with E-state index >= 15 is 0 Å². The normalized spacial score (nSPS) is 10.9. The predicted molar refractivity (Wildman–Crippen MR) is 102 cm³/mol. The van der Waals surface area contributed by atoms with Gasteiger partial charge >= 0.3 is 5.97 Å². The molecule has 3 rings (SSSR count). The van der Waals surface area contributed by atoms with Gasteiger partial charge in [0.1, 0.15) is 4.83 Å². The molecule has 0 aliphatic carbocycles. The van der Waals surface area contributed by atoms with Gasteiger partial charge in [-0.25, -0.2) is 9.78 Å². The summed E-state index contributed by atoms with van der Waals surface area (Å²) < 4.78 is 4.67. The molecule has 2 heterocycles. The number of rotatable bonds is 5. The molecule has 0 aliphatic heterocycles. The zero-order valence-electron chi connectivity index (χ0n) is 14.4. The highest BCUT2D eigenvalue weighted by atomic mass is 32.2. The molecule has 1 N–H and O–H groups in total. The fraction of sp³-hybridized carbons (Fsp3) is 0.222. The molecule has 134 valence electrons. The quantitative estimate of drug-likeness (QED) is 0.311. The second-order valence-electron chi connectivity index (χ2n) is 5.64. The summed E-state index contributed by atoms with van der Waals surface area (Å²) in [5.74, 6) is 0.139. The van der Waals surface area contributed by atoms with Gasteiger partial charge in [0, 0.05) is 5.75 Å². The average Bonchev–Trinajstić information content (AvgIpc) is 2.97. The van der Waals surface area contributed by atoms with Crippen LogP contribution in [0.15, 0.2) is 34.2 Å². The van der Waals surface area contributed by atoms with Gasteiger partial charge in [0.25, 0.3) is 5.56 Å². The van der Waals surface area contributed by atoms with Crippen LogP contribution in [0.3, 0.4) is 0 Å². The monoisotopic (exact) mass is 388 g/mol. The van der Waals surface area contributed by atoms with Crippen molar-refractivity contribution in [2.24, 2.45) is 0 Å². The lowest BCUT2D eigenvalue weighted by molar-refractivity contribution is 0.0600. The number of fused-ring (bicyclic) bond motifs is 1. The highest BCUT2D eigenvalue weighted by molar-refractivity contribution is 7.98. The molecule has 8 heteroatoms. The van der Waals surface area contributed by atoms with Crippen LogP contribution in [-0.2, 0) is 10.5 Å². The van der Waals surface area contributed by atoms with E-state index in [4.69, 9.17) is 0 Å². The number of carbonyl (C=O) groups excluding carboxylic acids is 2. The van der Waals surface area contributed by atoms with E-state index < -0.39 is 0 Å². The molecule has 6 nitrogen and oxygen atoms in total. The SMILES string of the molecule is COC(=O)c1ccc(CSc2nc3sc(C(C)=O)c(C)c3c(=O)[nH]2)cc1. The Morgan fingerprint density at radius 2 is 1.96 bits per heavy atom. The van der Waals surface area contributed by atoms with Gasteiger partial charge in [0.15, 0.2) is 10.9 Å². The minimum atomic E-state index is -0.380. The lowest BCUT2D eigenvalue weighted by Gasteiger charge is -2.03. The van der Waals surface area contributed by atoms with E-state index in [0.29, 0.717) is 37.1 Å². The van der Waals surface area contributed by atoms with Crippen LogP contribution < -0.4 is 5.56 Å². The second-order valence-corrected chi connectivity index (χ2v) is 7.60. The van der Waals surface area contributed by atoms with Crippen LogP contribution in [0.4, 0.5) is 0 Å². The standard InChI is InChI=1S/C18H16N2O4S2/c1-9-13-15(22)19-18(20-16(13)26-14(9)10(2)21)25-8-11-4-6-12(7-5-11)17(23)24-3/h4-7H,8H2,1-3H3,(H,19,20,22). The number of aryl methyl sites for hydroxylation is 1. The van der Waals surface area contributed by atoms with E-state index in [1.54, 1.807) is 19.1 Å². The van der Waals surface area contributed by atoms with Crippen molar-refractivity contribution in [2.45, 2.75) is 24.8 Å². The first-order valence-electron chi connectivity index (χ1n) is 7.75. The Morgan fingerprint density at radius 1 is 1.27 bits per heavy atom. The summed E-state index contributed by atoms with van der Waals surface area (Å²) >= 11 is 2.63. The van der Waals surface area contributed by atoms with Crippen LogP contribution >= 0.6 is 23.1 Å². The highest BCUT2D eigenvalue weighted by Gasteiger charge is 2.17. The number of Topliss-reactive ketones (excluding diaryl/α,β-unsaturated/α-hetero) is 1. The topological polar surface area (TPSA) is 89.1 Å². The van der Waals surface area contributed by atoms with Gasteiger partial charge in [-0.2, -0.15) is 0 Å². The van der Waals surface area contributed by atoms with Gasteiger partial charge in [0.2, 0.25) is 0 Å². The molecule has 26 heavy (non-hydrogen) atoms. The van der Waals surface area contributed by atoms with E-state index in [9.17, 15) is 14.4 Å². The Bertz CT molecular complexity index is 1050. The van der Waals surface area contributed by atoms with Crippen molar-refractivity contribution in [3.8, 4) is 0 Å². The molecule has 0 spiro atoms. The number of nitrogens with zero attached hydrogens (tertiary/aromatic N) is 1. The second kappa shape index (κ2) is 7.43. The number of thiophene rings is 1. The van der Waals surface area contributed by atoms with E-state index in [1.807, 2.05) is 12.1 Å². The van der Waals surface area contributed by atoms with E-state index in [-0.39, 0.29) is 17.3 Å². The molecule has 0 unspecified atom stereocenters. The largest absolute Gasteiger partial charge is 0.465 e. The third-order valence-electron chi connectivity index (χ3n) is 3.85. The summed E-state index contributed by atoms with van der Waals surface area (Å²) in [4.78, 5) is 43.9. The van der Waals surface area contributed by atoms with E-state index in [2.05, 4.69) is 14.7 Å². The van der Waals surface area contributed by atoms with Gasteiger partial charge in [-0.3, -0.25) is 9.59 Å². The molecule has 0 saturated carbocycles. The molecule has 0 bridgehead atoms. The number of aromatic nitrogens is 2. The number of hydrogen-bond donors (Lipinski definition) is 1. The van der Waals surface area contributed by atoms with Crippen LogP contribution in [0.2, 0.25) is 0 Å². The molecule has 3 aromatic rings. The first kappa shape index (κ1) is 18.3. The molecular formula is C18H16N2O4S2. The first-order valence-corrected chi connectivity index (χ1v) is 9.55. The zero-order valence-corrected chi connectivity index (χ0v) is 16.0. The number of methoxy groups -OCH3 is 1. The van der Waals surface area contributed by atoms with Crippen molar-refractivity contribution in [3.63, 3.8) is 0 Å². The summed E-state index contributed by atoms with van der Waals surface area (Å²) in [5, 5.41) is 0.975. The molecule has 2 aromatic heterocycles. The molecule has 0 amide bonds. The number of H-pyrrole nitrogens is 1. The fourth-order valence-corrected chi connectivity index (χ4v) is 4.49. The molecule has 0 fully saturated rings. The molecule has 0 aliphatic rings. The number of hydrogen-bond acceptors (Lipinski definition) is 7. The Hall–Kier alpha value is -2.45. The number of aromatic amines is 1. The summed E-state index contributed by atoms with van der Waals surface area (Å²) in [6, 6.07) is 7.06. The number of nitrogens with one attached hydrogen (secondary N) is 1. The van der Waals surface area contributed by atoms with Gasteiger partial charge in [0.05, 0.1) is 22.9 Å². The van der Waals surface area contributed by atoms with Crippen molar-refractivity contribution in [1.82, 2.24) is 9.97 Å². The van der Waals surface area contributed by atoms with Crippen molar-refractivity contribution >= 4 is 45.1 Å². The van der Waals surface area contributed by atoms with Gasteiger partial charge in [-0.15, -0.1) is 11.3 Å². The molecule has 1 aromatic carbocycles. The van der Waals surface area contributed by atoms with E-state index in [0.717, 1.165) is 5.56 Å². The van der Waals surface area contributed by atoms with Crippen molar-refractivity contribution in [1.29, 1.82) is 0 Å². The van der Waals surface area contributed by atoms with Crippen LogP contribution in [0, 0.1) is 6.92 Å². The smallest absolute Gasteiger partial charge is 0.337 e. The average molecular weight is 388 g/mol. The van der Waals surface area contributed by atoms with Crippen LogP contribution in [0.1, 0.15) is 38.1 Å². The Morgan fingerprint density at radius 3 is 2.58 bits per heavy atom. The lowest BCUT2D eigenvalue weighted by Crippen LogP contribution is -2.09. The van der Waals surface area contributed by atoms with Gasteiger partial charge in [-0.1, -0.05) is 23.9 Å². The zero-order chi connectivity index (χ0) is 18.8. The predicted octanol–water partition coefficient (Wildman–Crippen LogP) is 3.57. The molecule has 0 saturated heterocycles.